The van der Waals surface area contributed by atoms with E-state index >= 15 is 0 Å². The van der Waals surface area contributed by atoms with Gasteiger partial charge in [0, 0.05) is 51.2 Å². The fraction of sp³-hybridized carbons (Fsp3) is 0.444. The van der Waals surface area contributed by atoms with Crippen LogP contribution in [-0.4, -0.2) is 60.4 Å². The van der Waals surface area contributed by atoms with Crippen molar-refractivity contribution in [1.29, 1.82) is 0 Å². The van der Waals surface area contributed by atoms with Crippen LogP contribution in [0.15, 0.2) is 46.9 Å². The molecule has 136 valence electrons. The smallest absolute Gasteiger partial charge is 0.225 e. The third-order valence-electron chi connectivity index (χ3n) is 4.72. The molecule has 1 saturated heterocycles. The summed E-state index contributed by atoms with van der Waals surface area (Å²) in [6.07, 6.45) is 3.57. The lowest BCUT2D eigenvalue weighted by Crippen LogP contribution is -2.53. The van der Waals surface area contributed by atoms with Crippen molar-refractivity contribution >= 4 is 17.3 Å². The minimum atomic E-state index is -0.454. The summed E-state index contributed by atoms with van der Waals surface area (Å²) in [6.45, 7) is 6.55. The molecule has 2 aliphatic rings. The maximum Gasteiger partial charge on any atom is 0.225 e. The summed E-state index contributed by atoms with van der Waals surface area (Å²) in [5.74, 6) is 1.61. The first-order chi connectivity index (χ1) is 12.6. The van der Waals surface area contributed by atoms with Crippen LogP contribution >= 0.6 is 0 Å². The summed E-state index contributed by atoms with van der Waals surface area (Å²) in [6, 6.07) is 7.62. The number of fused-ring (bicyclic) bond motifs is 1. The van der Waals surface area contributed by atoms with Gasteiger partial charge in [-0.15, -0.1) is 0 Å². The van der Waals surface area contributed by atoms with Crippen molar-refractivity contribution in [2.24, 2.45) is 10.2 Å². The van der Waals surface area contributed by atoms with Crippen LogP contribution in [0, 0.1) is 0 Å². The quantitative estimate of drug-likeness (QED) is 0.910. The van der Waals surface area contributed by atoms with E-state index in [2.05, 4.69) is 42.2 Å². The predicted molar refractivity (Wildman–Crippen MR) is 100 cm³/mol. The van der Waals surface area contributed by atoms with Crippen molar-refractivity contribution in [3.63, 3.8) is 0 Å². The maximum atomic E-state index is 5.31. The van der Waals surface area contributed by atoms with Crippen LogP contribution in [0.3, 0.4) is 0 Å². The zero-order valence-corrected chi connectivity index (χ0v) is 15.1. The number of hydrogen-bond donors (Lipinski definition) is 1. The molecule has 1 aromatic heterocycles. The number of anilines is 2. The molecule has 0 aliphatic carbocycles. The second-order valence-corrected chi connectivity index (χ2v) is 6.79. The van der Waals surface area contributed by atoms with E-state index in [1.165, 1.54) is 0 Å². The molecule has 0 bridgehead atoms. The molecule has 4 rings (SSSR count). The second-order valence-electron chi connectivity index (χ2n) is 6.79. The summed E-state index contributed by atoms with van der Waals surface area (Å²) in [7, 11) is 1.67. The number of nitrogens with zero attached hydrogens (tertiary/aromatic N) is 6. The van der Waals surface area contributed by atoms with Gasteiger partial charge in [-0.25, -0.2) is 9.97 Å². The molecule has 26 heavy (non-hydrogen) atoms. The highest BCUT2D eigenvalue weighted by atomic mass is 16.5. The van der Waals surface area contributed by atoms with Gasteiger partial charge in [-0.3, -0.25) is 4.90 Å². The Morgan fingerprint density at radius 3 is 2.65 bits per heavy atom. The maximum absolute atomic E-state index is 5.31. The Morgan fingerprint density at radius 2 is 1.92 bits per heavy atom. The summed E-state index contributed by atoms with van der Waals surface area (Å²) in [4.78, 5) is 13.3. The molecule has 3 heterocycles. The minimum Gasteiger partial charge on any atom is -0.497 e. The number of benzene rings is 1. The van der Waals surface area contributed by atoms with E-state index in [-0.39, 0.29) is 0 Å². The van der Waals surface area contributed by atoms with E-state index in [1.807, 2.05) is 24.3 Å². The molecule has 2 aliphatic heterocycles. The lowest BCUT2D eigenvalue weighted by molar-refractivity contribution is 0.214. The Balaban J connectivity index is 1.39. The van der Waals surface area contributed by atoms with Gasteiger partial charge in [-0.2, -0.15) is 10.2 Å². The van der Waals surface area contributed by atoms with E-state index in [4.69, 9.17) is 4.74 Å². The summed E-state index contributed by atoms with van der Waals surface area (Å²) >= 11 is 0. The molecular weight excluding hydrogens is 330 g/mol. The predicted octanol–water partition coefficient (Wildman–Crippen LogP) is 2.53. The van der Waals surface area contributed by atoms with Crippen molar-refractivity contribution in [1.82, 2.24) is 14.9 Å². The average molecular weight is 353 g/mol. The molecule has 8 heteroatoms. The van der Waals surface area contributed by atoms with Gasteiger partial charge in [0.05, 0.1) is 12.8 Å². The Labute approximate surface area is 152 Å². The van der Waals surface area contributed by atoms with Crippen LogP contribution in [-0.2, 0) is 0 Å². The highest BCUT2D eigenvalue weighted by Gasteiger charge is 2.32. The summed E-state index contributed by atoms with van der Waals surface area (Å²) < 4.78 is 5.31. The third kappa shape index (κ3) is 3.45. The molecule has 0 saturated carbocycles. The molecule has 2 aromatic rings. The number of rotatable bonds is 4. The van der Waals surface area contributed by atoms with E-state index in [0.29, 0.717) is 0 Å². The van der Waals surface area contributed by atoms with E-state index in [0.717, 1.165) is 55.8 Å². The van der Waals surface area contributed by atoms with E-state index < -0.39 is 5.66 Å². The highest BCUT2D eigenvalue weighted by Crippen LogP contribution is 2.36. The van der Waals surface area contributed by atoms with Crippen LogP contribution in [0.1, 0.15) is 6.92 Å². The van der Waals surface area contributed by atoms with Crippen LogP contribution in [0.25, 0.3) is 0 Å². The first-order valence-electron chi connectivity index (χ1n) is 8.79. The molecule has 8 nitrogen and oxygen atoms in total. The number of methoxy groups -OCH3 is 1. The first kappa shape index (κ1) is 16.7. The van der Waals surface area contributed by atoms with E-state index in [1.54, 1.807) is 19.5 Å². The number of piperazine rings is 1. The standard InChI is InChI=1S/C18H23N7O/c1-18(21-16-12-14(26-2)4-5-15(16)22-23-18)13-24-8-10-25(11-9-24)17-19-6-3-7-20-17/h3-7,12,21H,8-11,13H2,1-2H3. The number of aromatic nitrogens is 2. The summed E-state index contributed by atoms with van der Waals surface area (Å²) in [5.41, 5.74) is 1.35. The lowest BCUT2D eigenvalue weighted by atomic mass is 10.1. The number of azo groups is 1. The van der Waals surface area contributed by atoms with Crippen molar-refractivity contribution in [3.8, 4) is 5.75 Å². The molecule has 0 spiro atoms. The third-order valence-corrected chi connectivity index (χ3v) is 4.72. The number of ether oxygens (including phenoxy) is 1. The monoisotopic (exact) mass is 353 g/mol. The molecular formula is C18H23N7O. The van der Waals surface area contributed by atoms with Crippen molar-refractivity contribution in [3.05, 3.63) is 36.7 Å². The molecule has 0 radical (unpaired) electrons. The zero-order valence-electron chi connectivity index (χ0n) is 15.1. The van der Waals surface area contributed by atoms with Gasteiger partial charge in [0.15, 0.2) is 5.66 Å². The Morgan fingerprint density at radius 1 is 1.15 bits per heavy atom. The fourth-order valence-electron chi connectivity index (χ4n) is 3.38. The minimum absolute atomic E-state index is 0.454. The first-order valence-corrected chi connectivity index (χ1v) is 8.79. The van der Waals surface area contributed by atoms with Gasteiger partial charge >= 0.3 is 0 Å². The second kappa shape index (κ2) is 6.87. The highest BCUT2D eigenvalue weighted by molar-refractivity contribution is 5.69. The number of nitrogens with one attached hydrogen (secondary N) is 1. The lowest BCUT2D eigenvalue weighted by Gasteiger charge is -2.39. The van der Waals surface area contributed by atoms with Crippen molar-refractivity contribution in [2.75, 3.05) is 50.1 Å². The van der Waals surface area contributed by atoms with Gasteiger partial charge < -0.3 is 15.0 Å². The fourth-order valence-corrected chi connectivity index (χ4v) is 3.38. The normalized spacial score (nSPS) is 22.6. The van der Waals surface area contributed by atoms with E-state index in [9.17, 15) is 0 Å². The zero-order chi connectivity index (χ0) is 18.0. The number of hydrogen-bond acceptors (Lipinski definition) is 8. The molecule has 0 amide bonds. The Hall–Kier alpha value is -2.74. The van der Waals surface area contributed by atoms with Gasteiger partial charge in [-0.05, 0) is 25.1 Å². The molecule has 1 atom stereocenters. The summed E-state index contributed by atoms with van der Waals surface area (Å²) in [5, 5.41) is 12.4. The van der Waals surface area contributed by atoms with Gasteiger partial charge in [0.1, 0.15) is 11.4 Å². The van der Waals surface area contributed by atoms with Crippen molar-refractivity contribution < 1.29 is 4.74 Å². The molecule has 1 fully saturated rings. The largest absolute Gasteiger partial charge is 0.497 e. The van der Waals surface area contributed by atoms with Crippen LogP contribution < -0.4 is 15.0 Å². The topological polar surface area (TPSA) is 78.2 Å². The Kier molecular flexibility index (Phi) is 4.42. The Bertz CT molecular complexity index is 789. The molecule has 1 unspecified atom stereocenters. The van der Waals surface area contributed by atoms with Gasteiger partial charge in [-0.1, -0.05) is 0 Å². The average Bonchev–Trinajstić information content (AvgIpc) is 2.68. The van der Waals surface area contributed by atoms with Gasteiger partial charge in [0.2, 0.25) is 5.95 Å². The van der Waals surface area contributed by atoms with Gasteiger partial charge in [0.25, 0.3) is 0 Å². The molecule has 1 aromatic carbocycles. The van der Waals surface area contributed by atoms with Crippen LogP contribution in [0.5, 0.6) is 5.75 Å². The van der Waals surface area contributed by atoms with Crippen molar-refractivity contribution in [2.45, 2.75) is 12.6 Å². The van der Waals surface area contributed by atoms with Crippen LogP contribution in [0.4, 0.5) is 17.3 Å². The SMILES string of the molecule is COc1ccc2c(c1)NC(C)(CN1CCN(c3ncccn3)CC1)N=N2. The van der Waals surface area contributed by atoms with Crippen LogP contribution in [0.2, 0.25) is 0 Å². The molecule has 1 N–H and O–H groups in total.